The second kappa shape index (κ2) is 23.3. The first kappa shape index (κ1) is 57.8. The smallest absolute Gasteiger partial charge is 0.0541 e. The molecular weight excluding hydrogens is 1190 g/mol. The predicted octanol–water partition coefficient (Wildman–Crippen LogP) is 26.8. The molecule has 18 aromatic rings. The standard InChI is InChI=1S/C97H66N2/c1-97(2)92-61-70(71-57-72(81-35-17-26-66-23-9-12-31-78(66)81)59-73(58-71)82-54-55-90(84-37-19-28-68-25-11-14-33-80(68)84)96-88(82)38-20-39-89(96)83-36-18-27-67-24-10-13-32-79(67)83)45-52-85(92)86-53-51-77(62-93(86)97)98(75-47-41-64(42-48-75)63-21-5-3-6-22-63)76-49-43-65(44-50-76)69-46-56-95-91(60-69)87-34-15-16-40-94(87)99(95)74-29-7-4-8-30-74/h3-62H,1-2H3. The van der Waals surface area contributed by atoms with Crippen molar-refractivity contribution in [1.82, 2.24) is 4.57 Å². The molecule has 0 radical (unpaired) electrons. The van der Waals surface area contributed by atoms with Crippen LogP contribution in [0.2, 0.25) is 0 Å². The van der Waals surface area contributed by atoms with Crippen molar-refractivity contribution >= 4 is 82.0 Å². The average molecular weight is 1260 g/mol. The fraction of sp³-hybridized carbons (Fsp3) is 0.0309. The van der Waals surface area contributed by atoms with E-state index in [1.54, 1.807) is 0 Å². The fourth-order valence-electron chi connectivity index (χ4n) is 16.3. The molecule has 464 valence electrons. The first-order valence-electron chi connectivity index (χ1n) is 34.4. The summed E-state index contributed by atoms with van der Waals surface area (Å²) in [6.45, 7) is 4.84. The van der Waals surface area contributed by atoms with E-state index in [0.29, 0.717) is 0 Å². The highest BCUT2D eigenvalue weighted by Gasteiger charge is 2.37. The van der Waals surface area contributed by atoms with E-state index >= 15 is 0 Å². The summed E-state index contributed by atoms with van der Waals surface area (Å²) in [5, 5.41) is 12.3. The van der Waals surface area contributed by atoms with Crippen molar-refractivity contribution in [3.63, 3.8) is 0 Å². The van der Waals surface area contributed by atoms with Gasteiger partial charge in [-0.25, -0.2) is 0 Å². The van der Waals surface area contributed by atoms with E-state index in [-0.39, 0.29) is 5.41 Å². The van der Waals surface area contributed by atoms with Gasteiger partial charge in [0.1, 0.15) is 0 Å². The Bertz CT molecular complexity index is 6130. The van der Waals surface area contributed by atoms with Crippen LogP contribution in [0.1, 0.15) is 25.0 Å². The zero-order chi connectivity index (χ0) is 65.7. The molecule has 99 heavy (non-hydrogen) atoms. The number of anilines is 3. The summed E-state index contributed by atoms with van der Waals surface area (Å²) in [7, 11) is 0. The van der Waals surface area contributed by atoms with E-state index in [4.69, 9.17) is 0 Å². The minimum atomic E-state index is -0.340. The fourth-order valence-corrected chi connectivity index (χ4v) is 16.3. The molecule has 0 atom stereocenters. The van der Waals surface area contributed by atoms with Crippen molar-refractivity contribution in [3.05, 3.63) is 375 Å². The van der Waals surface area contributed by atoms with Gasteiger partial charge in [-0.05, 0) is 234 Å². The van der Waals surface area contributed by atoms with Gasteiger partial charge < -0.3 is 9.47 Å². The van der Waals surface area contributed by atoms with Crippen molar-refractivity contribution in [1.29, 1.82) is 0 Å². The molecule has 19 rings (SSSR count). The second-order valence-corrected chi connectivity index (χ2v) is 27.1. The summed E-state index contributed by atoms with van der Waals surface area (Å²) in [6, 6.07) is 135. The number of para-hydroxylation sites is 2. The van der Waals surface area contributed by atoms with Gasteiger partial charge in [-0.1, -0.05) is 287 Å². The maximum atomic E-state index is 2.50. The van der Waals surface area contributed by atoms with Gasteiger partial charge in [-0.15, -0.1) is 0 Å². The molecule has 0 aliphatic heterocycles. The summed E-state index contributed by atoms with van der Waals surface area (Å²) in [5.74, 6) is 0. The van der Waals surface area contributed by atoms with Crippen molar-refractivity contribution in [2.24, 2.45) is 0 Å². The van der Waals surface area contributed by atoms with Crippen LogP contribution in [-0.2, 0) is 5.41 Å². The number of rotatable bonds is 11. The van der Waals surface area contributed by atoms with Crippen LogP contribution in [0.4, 0.5) is 17.1 Å². The highest BCUT2D eigenvalue weighted by atomic mass is 15.1. The number of nitrogens with zero attached hydrogens (tertiary/aromatic N) is 2. The van der Waals surface area contributed by atoms with Gasteiger partial charge in [0.2, 0.25) is 0 Å². The minimum Gasteiger partial charge on any atom is -0.310 e. The summed E-state index contributed by atoms with van der Waals surface area (Å²) in [6.07, 6.45) is 0. The highest BCUT2D eigenvalue weighted by molar-refractivity contribution is 6.18. The van der Waals surface area contributed by atoms with Crippen LogP contribution in [0.5, 0.6) is 0 Å². The lowest BCUT2D eigenvalue weighted by molar-refractivity contribution is 0.660. The van der Waals surface area contributed by atoms with Crippen molar-refractivity contribution in [3.8, 4) is 94.7 Å². The van der Waals surface area contributed by atoms with Crippen LogP contribution in [0.25, 0.3) is 160 Å². The van der Waals surface area contributed by atoms with Crippen molar-refractivity contribution < 1.29 is 0 Å². The molecule has 2 nitrogen and oxygen atoms in total. The first-order chi connectivity index (χ1) is 48.8. The molecule has 0 bridgehead atoms. The zero-order valence-corrected chi connectivity index (χ0v) is 55.0. The number of hydrogen-bond donors (Lipinski definition) is 0. The van der Waals surface area contributed by atoms with Gasteiger partial charge in [0.05, 0.1) is 11.0 Å². The molecule has 0 spiro atoms. The molecular formula is C97H66N2. The molecule has 0 fully saturated rings. The van der Waals surface area contributed by atoms with Gasteiger partial charge in [0.15, 0.2) is 0 Å². The van der Waals surface area contributed by atoms with Crippen LogP contribution in [0, 0.1) is 0 Å². The Morgan fingerprint density at radius 2 is 0.616 bits per heavy atom. The lowest BCUT2D eigenvalue weighted by atomic mass is 9.81. The van der Waals surface area contributed by atoms with Crippen LogP contribution in [0.15, 0.2) is 364 Å². The van der Waals surface area contributed by atoms with E-state index in [1.807, 2.05) is 0 Å². The molecule has 1 aliphatic carbocycles. The molecule has 17 aromatic carbocycles. The number of aromatic nitrogens is 1. The molecule has 0 unspecified atom stereocenters. The third kappa shape index (κ3) is 9.70. The summed E-state index contributed by atoms with van der Waals surface area (Å²) in [4.78, 5) is 2.43. The second-order valence-electron chi connectivity index (χ2n) is 27.1. The summed E-state index contributed by atoms with van der Waals surface area (Å²) in [5.41, 5.74) is 28.4. The Morgan fingerprint density at radius 1 is 0.222 bits per heavy atom. The Kier molecular flexibility index (Phi) is 13.6. The monoisotopic (exact) mass is 1260 g/mol. The third-order valence-corrected chi connectivity index (χ3v) is 21.2. The maximum Gasteiger partial charge on any atom is 0.0541 e. The van der Waals surface area contributed by atoms with Crippen LogP contribution in [0.3, 0.4) is 0 Å². The van der Waals surface area contributed by atoms with Gasteiger partial charge in [0.25, 0.3) is 0 Å². The predicted molar refractivity (Wildman–Crippen MR) is 421 cm³/mol. The largest absolute Gasteiger partial charge is 0.310 e. The third-order valence-electron chi connectivity index (χ3n) is 21.2. The minimum absolute atomic E-state index is 0.340. The summed E-state index contributed by atoms with van der Waals surface area (Å²) >= 11 is 0. The molecule has 0 saturated carbocycles. The van der Waals surface area contributed by atoms with E-state index < -0.39 is 0 Å². The topological polar surface area (TPSA) is 8.17 Å². The summed E-state index contributed by atoms with van der Waals surface area (Å²) < 4.78 is 2.38. The number of hydrogen-bond acceptors (Lipinski definition) is 1. The lowest BCUT2D eigenvalue weighted by Crippen LogP contribution is -2.16. The molecule has 1 aromatic heterocycles. The molecule has 1 aliphatic rings. The van der Waals surface area contributed by atoms with Gasteiger partial charge in [-0.2, -0.15) is 0 Å². The lowest BCUT2D eigenvalue weighted by Gasteiger charge is -2.28. The van der Waals surface area contributed by atoms with Gasteiger partial charge in [0, 0.05) is 38.9 Å². The SMILES string of the molecule is CC1(C)c2cc(-c3cc(-c4cccc5ccccc45)cc(-c4ccc(-c5cccc6ccccc56)c5c(-c6cccc7ccccc67)cccc45)c3)ccc2-c2ccc(N(c3ccc(-c4ccccc4)cc3)c3ccc(-c4ccc5c(c4)c4ccccc4n5-c4ccccc4)cc3)cc21. The van der Waals surface area contributed by atoms with Crippen molar-refractivity contribution in [2.45, 2.75) is 19.3 Å². The normalized spacial score (nSPS) is 12.4. The molecule has 0 amide bonds. The quantitative estimate of drug-likeness (QED) is 0.125. The zero-order valence-electron chi connectivity index (χ0n) is 55.0. The van der Waals surface area contributed by atoms with E-state index in [2.05, 4.69) is 387 Å². The molecule has 0 saturated heterocycles. The average Bonchev–Trinajstić information content (AvgIpc) is 1.73. The van der Waals surface area contributed by atoms with Gasteiger partial charge >= 0.3 is 0 Å². The van der Waals surface area contributed by atoms with Crippen LogP contribution in [-0.4, -0.2) is 4.57 Å². The Balaban J connectivity index is 0.734. The molecule has 0 N–H and O–H groups in total. The highest BCUT2D eigenvalue weighted by Crippen LogP contribution is 2.53. The number of benzene rings is 17. The molecule has 2 heteroatoms. The van der Waals surface area contributed by atoms with E-state index in [1.165, 1.54) is 165 Å². The Labute approximate surface area is 576 Å². The Morgan fingerprint density at radius 3 is 1.26 bits per heavy atom. The number of fused-ring (bicyclic) bond motifs is 10. The van der Waals surface area contributed by atoms with Gasteiger partial charge in [-0.3, -0.25) is 0 Å². The Hall–Kier alpha value is -12.6. The molecule has 1 heterocycles. The van der Waals surface area contributed by atoms with Crippen LogP contribution < -0.4 is 4.90 Å². The maximum absolute atomic E-state index is 2.50. The first-order valence-corrected chi connectivity index (χ1v) is 34.4. The van der Waals surface area contributed by atoms with E-state index in [9.17, 15) is 0 Å². The van der Waals surface area contributed by atoms with Crippen LogP contribution >= 0.6 is 0 Å². The van der Waals surface area contributed by atoms with Crippen molar-refractivity contribution in [2.75, 3.05) is 4.90 Å². The van der Waals surface area contributed by atoms with E-state index in [0.717, 1.165) is 22.7 Å².